The van der Waals surface area contributed by atoms with Crippen molar-refractivity contribution < 1.29 is 9.47 Å². The quantitative estimate of drug-likeness (QED) is 0.870. The standard InChI is InChI=1S/C13H15Br2NO2/c1-17-10-6-8(14)13-11(12(10)15)9(4-5-18-13)16-7-2-3-7/h6-7,9,16H,2-5H2,1H3. The Hall–Kier alpha value is -0.260. The van der Waals surface area contributed by atoms with Gasteiger partial charge < -0.3 is 14.8 Å². The molecule has 2 aliphatic rings. The summed E-state index contributed by atoms with van der Waals surface area (Å²) in [4.78, 5) is 0. The topological polar surface area (TPSA) is 30.5 Å². The molecule has 1 aromatic rings. The number of ether oxygens (including phenoxy) is 2. The lowest BCUT2D eigenvalue weighted by Crippen LogP contribution is -2.29. The highest BCUT2D eigenvalue weighted by atomic mass is 79.9. The number of rotatable bonds is 3. The van der Waals surface area contributed by atoms with E-state index < -0.39 is 0 Å². The molecule has 18 heavy (non-hydrogen) atoms. The van der Waals surface area contributed by atoms with Crippen LogP contribution in [0.15, 0.2) is 15.0 Å². The fourth-order valence-corrected chi connectivity index (χ4v) is 3.60. The Labute approximate surface area is 123 Å². The van der Waals surface area contributed by atoms with Gasteiger partial charge in [0.05, 0.1) is 22.7 Å². The van der Waals surface area contributed by atoms with Gasteiger partial charge in [0.15, 0.2) is 0 Å². The summed E-state index contributed by atoms with van der Waals surface area (Å²) in [5.41, 5.74) is 1.18. The first-order valence-corrected chi connectivity index (χ1v) is 7.74. The Morgan fingerprint density at radius 1 is 1.33 bits per heavy atom. The van der Waals surface area contributed by atoms with Crippen LogP contribution < -0.4 is 14.8 Å². The van der Waals surface area contributed by atoms with E-state index in [1.165, 1.54) is 18.4 Å². The maximum absolute atomic E-state index is 5.79. The number of hydrogen-bond acceptors (Lipinski definition) is 3. The molecule has 0 spiro atoms. The molecule has 1 N–H and O–H groups in total. The highest BCUT2D eigenvalue weighted by molar-refractivity contribution is 9.11. The van der Waals surface area contributed by atoms with E-state index in [9.17, 15) is 0 Å². The van der Waals surface area contributed by atoms with Crippen LogP contribution >= 0.6 is 31.9 Å². The summed E-state index contributed by atoms with van der Waals surface area (Å²) in [7, 11) is 1.69. The van der Waals surface area contributed by atoms with Gasteiger partial charge in [-0.1, -0.05) is 0 Å². The van der Waals surface area contributed by atoms with Crippen LogP contribution in [-0.2, 0) is 0 Å². The largest absolute Gasteiger partial charge is 0.496 e. The molecule has 1 aliphatic heterocycles. The minimum atomic E-state index is 0.349. The van der Waals surface area contributed by atoms with Crippen molar-refractivity contribution in [1.29, 1.82) is 0 Å². The van der Waals surface area contributed by atoms with Crippen molar-refractivity contribution in [3.05, 3.63) is 20.6 Å². The summed E-state index contributed by atoms with van der Waals surface area (Å²) in [6, 6.07) is 2.97. The average Bonchev–Trinajstić information content (AvgIpc) is 3.17. The fraction of sp³-hybridized carbons (Fsp3) is 0.538. The predicted molar refractivity (Wildman–Crippen MR) is 77.4 cm³/mol. The Morgan fingerprint density at radius 2 is 2.11 bits per heavy atom. The predicted octanol–water partition coefficient (Wildman–Crippen LogP) is 3.80. The van der Waals surface area contributed by atoms with Gasteiger partial charge in [-0.2, -0.15) is 0 Å². The number of benzene rings is 1. The Kier molecular flexibility index (Phi) is 3.56. The number of halogens is 2. The lowest BCUT2D eigenvalue weighted by molar-refractivity contribution is 0.248. The molecule has 3 nitrogen and oxygen atoms in total. The van der Waals surface area contributed by atoms with Crippen LogP contribution in [0.2, 0.25) is 0 Å². The number of methoxy groups -OCH3 is 1. The van der Waals surface area contributed by atoms with Gasteiger partial charge in [-0.05, 0) is 50.8 Å². The second-order valence-corrected chi connectivity index (χ2v) is 6.40. The maximum Gasteiger partial charge on any atom is 0.139 e. The van der Waals surface area contributed by atoms with E-state index in [1.54, 1.807) is 7.11 Å². The van der Waals surface area contributed by atoms with Crippen molar-refractivity contribution in [2.24, 2.45) is 0 Å². The number of hydrogen-bond donors (Lipinski definition) is 1. The van der Waals surface area contributed by atoms with Crippen molar-refractivity contribution in [2.45, 2.75) is 31.3 Å². The average molecular weight is 377 g/mol. The molecule has 0 aromatic heterocycles. The van der Waals surface area contributed by atoms with Crippen LogP contribution in [0.3, 0.4) is 0 Å². The molecule has 98 valence electrons. The summed E-state index contributed by atoms with van der Waals surface area (Å²) in [6.45, 7) is 0.759. The van der Waals surface area contributed by atoms with Crippen LogP contribution in [-0.4, -0.2) is 19.8 Å². The molecule has 1 atom stereocenters. The van der Waals surface area contributed by atoms with Crippen LogP contribution in [0.4, 0.5) is 0 Å². The van der Waals surface area contributed by atoms with E-state index in [0.717, 1.165) is 33.5 Å². The number of fused-ring (bicyclic) bond motifs is 1. The second kappa shape index (κ2) is 5.02. The second-order valence-electron chi connectivity index (χ2n) is 4.75. The first kappa shape index (κ1) is 12.8. The third-order valence-electron chi connectivity index (χ3n) is 3.41. The van der Waals surface area contributed by atoms with Gasteiger partial charge in [0.1, 0.15) is 11.5 Å². The molecule has 1 heterocycles. The van der Waals surface area contributed by atoms with Crippen LogP contribution in [0.1, 0.15) is 30.9 Å². The van der Waals surface area contributed by atoms with Gasteiger partial charge >= 0.3 is 0 Å². The zero-order valence-electron chi connectivity index (χ0n) is 10.1. The Morgan fingerprint density at radius 3 is 2.78 bits per heavy atom. The molecule has 0 amide bonds. The van der Waals surface area contributed by atoms with E-state index in [0.29, 0.717) is 12.1 Å². The summed E-state index contributed by atoms with van der Waals surface area (Å²) >= 11 is 7.21. The van der Waals surface area contributed by atoms with Gasteiger partial charge in [0.25, 0.3) is 0 Å². The molecule has 1 fully saturated rings. The van der Waals surface area contributed by atoms with Crippen molar-refractivity contribution in [3.63, 3.8) is 0 Å². The highest BCUT2D eigenvalue weighted by Gasteiger charge is 2.32. The van der Waals surface area contributed by atoms with Crippen LogP contribution in [0.25, 0.3) is 0 Å². The minimum absolute atomic E-state index is 0.349. The summed E-state index contributed by atoms with van der Waals surface area (Å²) < 4.78 is 13.2. The Bertz CT molecular complexity index is 475. The molecule has 1 aromatic carbocycles. The minimum Gasteiger partial charge on any atom is -0.496 e. The van der Waals surface area contributed by atoms with Gasteiger partial charge in [-0.25, -0.2) is 0 Å². The molecule has 0 radical (unpaired) electrons. The third kappa shape index (κ3) is 2.28. The monoisotopic (exact) mass is 375 g/mol. The van der Waals surface area contributed by atoms with E-state index in [1.807, 2.05) is 6.07 Å². The highest BCUT2D eigenvalue weighted by Crippen LogP contribution is 2.47. The number of nitrogens with one attached hydrogen (secondary N) is 1. The molecule has 0 bridgehead atoms. The van der Waals surface area contributed by atoms with Crippen LogP contribution in [0.5, 0.6) is 11.5 Å². The third-order valence-corrected chi connectivity index (χ3v) is 4.81. The Balaban J connectivity index is 2.04. The van der Waals surface area contributed by atoms with E-state index >= 15 is 0 Å². The molecule has 3 rings (SSSR count). The van der Waals surface area contributed by atoms with E-state index in [-0.39, 0.29) is 0 Å². The first-order valence-electron chi connectivity index (χ1n) is 6.15. The lowest BCUT2D eigenvalue weighted by atomic mass is 10.00. The first-order chi connectivity index (χ1) is 8.70. The smallest absolute Gasteiger partial charge is 0.139 e. The zero-order chi connectivity index (χ0) is 12.7. The molecular formula is C13H15Br2NO2. The van der Waals surface area contributed by atoms with Crippen molar-refractivity contribution >= 4 is 31.9 Å². The van der Waals surface area contributed by atoms with Gasteiger partial charge in [0.2, 0.25) is 0 Å². The zero-order valence-corrected chi connectivity index (χ0v) is 13.3. The summed E-state index contributed by atoms with van der Waals surface area (Å²) in [5, 5.41) is 3.68. The van der Waals surface area contributed by atoms with Gasteiger partial charge in [-0.3, -0.25) is 0 Å². The summed E-state index contributed by atoms with van der Waals surface area (Å²) in [5.74, 6) is 1.78. The molecule has 1 saturated carbocycles. The SMILES string of the molecule is COc1cc(Br)c2c(c1Br)C(NC1CC1)CCO2. The van der Waals surface area contributed by atoms with Gasteiger partial charge in [-0.15, -0.1) is 0 Å². The normalized spacial score (nSPS) is 22.3. The van der Waals surface area contributed by atoms with E-state index in [2.05, 4.69) is 37.2 Å². The van der Waals surface area contributed by atoms with Crippen molar-refractivity contribution in [1.82, 2.24) is 5.32 Å². The lowest BCUT2D eigenvalue weighted by Gasteiger charge is -2.29. The summed E-state index contributed by atoms with van der Waals surface area (Å²) in [6.07, 6.45) is 3.58. The van der Waals surface area contributed by atoms with Gasteiger partial charge in [0, 0.05) is 24.1 Å². The van der Waals surface area contributed by atoms with Crippen molar-refractivity contribution in [3.8, 4) is 11.5 Å². The van der Waals surface area contributed by atoms with E-state index in [4.69, 9.17) is 9.47 Å². The fourth-order valence-electron chi connectivity index (χ4n) is 2.34. The molecule has 5 heteroatoms. The maximum atomic E-state index is 5.79. The van der Waals surface area contributed by atoms with Crippen LogP contribution in [0, 0.1) is 0 Å². The molecular weight excluding hydrogens is 362 g/mol. The molecule has 1 unspecified atom stereocenters. The van der Waals surface area contributed by atoms with Crippen molar-refractivity contribution in [2.75, 3.05) is 13.7 Å². The molecule has 0 saturated heterocycles. The molecule has 1 aliphatic carbocycles.